The van der Waals surface area contributed by atoms with Crippen LogP contribution in [0.3, 0.4) is 0 Å². The Morgan fingerprint density at radius 1 is 1.08 bits per heavy atom. The van der Waals surface area contributed by atoms with Crippen LogP contribution < -0.4 is 5.32 Å². The summed E-state index contributed by atoms with van der Waals surface area (Å²) in [5.74, 6) is 0.192. The first kappa shape index (κ1) is 19.2. The molecule has 0 bridgehead atoms. The molecule has 6 heteroatoms. The van der Waals surface area contributed by atoms with E-state index in [1.54, 1.807) is 0 Å². The second-order valence-electron chi connectivity index (χ2n) is 7.46. The fraction of sp³-hybridized carbons (Fsp3) is 0.600. The van der Waals surface area contributed by atoms with Crippen molar-refractivity contribution < 1.29 is 14.3 Å². The van der Waals surface area contributed by atoms with E-state index in [0.29, 0.717) is 50.7 Å². The Kier molecular flexibility index (Phi) is 6.54. The van der Waals surface area contributed by atoms with Crippen LogP contribution in [0.4, 0.5) is 0 Å². The lowest BCUT2D eigenvalue weighted by Crippen LogP contribution is -2.43. The molecule has 3 rings (SSSR count). The number of carbonyl (C=O) groups is 2. The Hall–Kier alpha value is -1.59. The van der Waals surface area contributed by atoms with Crippen molar-refractivity contribution in [2.45, 2.75) is 45.1 Å². The van der Waals surface area contributed by atoms with E-state index in [0.717, 1.165) is 31.2 Å². The molecular weight excluding hydrogens is 352 g/mol. The second kappa shape index (κ2) is 8.87. The van der Waals surface area contributed by atoms with Gasteiger partial charge in [0.15, 0.2) is 0 Å². The van der Waals surface area contributed by atoms with Crippen LogP contribution >= 0.6 is 11.6 Å². The zero-order valence-corrected chi connectivity index (χ0v) is 15.9. The van der Waals surface area contributed by atoms with Gasteiger partial charge in [-0.2, -0.15) is 0 Å². The molecule has 1 aliphatic carbocycles. The number of nitrogens with zero attached hydrogens (tertiary/aromatic N) is 1. The molecule has 0 atom stereocenters. The monoisotopic (exact) mass is 378 g/mol. The standard InChI is InChI=1S/C20H27ClN2O3/c21-17-5-3-16(4-6-17)15-22-18(24)13-20(7-1-2-8-20)14-19(25)23-9-11-26-12-10-23/h3-6H,1-2,7-15H2,(H,22,24). The normalized spacial score (nSPS) is 19.3. The largest absolute Gasteiger partial charge is 0.378 e. The third kappa shape index (κ3) is 5.21. The first-order chi connectivity index (χ1) is 12.6. The van der Waals surface area contributed by atoms with Crippen LogP contribution in [0.2, 0.25) is 5.02 Å². The van der Waals surface area contributed by atoms with Gasteiger partial charge in [0.05, 0.1) is 13.2 Å². The Labute approximate surface area is 160 Å². The van der Waals surface area contributed by atoms with Crippen LogP contribution in [-0.4, -0.2) is 43.0 Å². The van der Waals surface area contributed by atoms with Gasteiger partial charge < -0.3 is 15.0 Å². The number of rotatable bonds is 6. The lowest BCUT2D eigenvalue weighted by molar-refractivity contribution is -0.138. The number of carbonyl (C=O) groups excluding carboxylic acids is 2. The molecule has 5 nitrogen and oxygen atoms in total. The van der Waals surface area contributed by atoms with Crippen molar-refractivity contribution in [2.75, 3.05) is 26.3 Å². The SMILES string of the molecule is O=C(CC1(CC(=O)N2CCOCC2)CCCC1)NCc1ccc(Cl)cc1. The van der Waals surface area contributed by atoms with Crippen LogP contribution in [0.15, 0.2) is 24.3 Å². The highest BCUT2D eigenvalue weighted by molar-refractivity contribution is 6.30. The summed E-state index contributed by atoms with van der Waals surface area (Å²) in [6.07, 6.45) is 5.01. The molecule has 142 valence electrons. The molecule has 1 saturated heterocycles. The average molecular weight is 379 g/mol. The molecule has 0 aromatic heterocycles. The molecule has 2 amide bonds. The Balaban J connectivity index is 1.54. The lowest BCUT2D eigenvalue weighted by atomic mass is 9.78. The zero-order chi connectivity index (χ0) is 18.4. The molecule has 1 aliphatic heterocycles. The number of halogens is 1. The number of benzene rings is 1. The number of ether oxygens (including phenoxy) is 1. The van der Waals surface area contributed by atoms with Crippen molar-refractivity contribution in [1.82, 2.24) is 10.2 Å². The summed E-state index contributed by atoms with van der Waals surface area (Å²) in [6, 6.07) is 7.47. The Morgan fingerprint density at radius 2 is 1.73 bits per heavy atom. The highest BCUT2D eigenvalue weighted by Gasteiger charge is 2.39. The topological polar surface area (TPSA) is 58.6 Å². The highest BCUT2D eigenvalue weighted by Crippen LogP contribution is 2.44. The smallest absolute Gasteiger partial charge is 0.223 e. The van der Waals surface area contributed by atoms with E-state index in [2.05, 4.69) is 5.32 Å². The second-order valence-corrected chi connectivity index (χ2v) is 7.89. The first-order valence-electron chi connectivity index (χ1n) is 9.43. The maximum absolute atomic E-state index is 12.7. The summed E-state index contributed by atoms with van der Waals surface area (Å²) in [7, 11) is 0. The number of amides is 2. The molecule has 1 saturated carbocycles. The highest BCUT2D eigenvalue weighted by atomic mass is 35.5. The average Bonchev–Trinajstić information content (AvgIpc) is 3.10. The van der Waals surface area contributed by atoms with Crippen LogP contribution in [0.1, 0.15) is 44.1 Å². The molecular formula is C20H27ClN2O3. The van der Waals surface area contributed by atoms with Gasteiger partial charge in [0, 0.05) is 37.5 Å². The maximum Gasteiger partial charge on any atom is 0.223 e. The summed E-state index contributed by atoms with van der Waals surface area (Å²) in [4.78, 5) is 27.1. The van der Waals surface area contributed by atoms with E-state index >= 15 is 0 Å². The minimum absolute atomic E-state index is 0.0247. The molecule has 2 fully saturated rings. The quantitative estimate of drug-likeness (QED) is 0.827. The molecule has 0 spiro atoms. The number of hydrogen-bond acceptors (Lipinski definition) is 3. The number of hydrogen-bond donors (Lipinski definition) is 1. The van der Waals surface area contributed by atoms with Gasteiger partial charge in [-0.25, -0.2) is 0 Å². The minimum atomic E-state index is -0.181. The van der Waals surface area contributed by atoms with E-state index in [4.69, 9.17) is 16.3 Å². The summed E-state index contributed by atoms with van der Waals surface area (Å²) >= 11 is 5.89. The molecule has 1 heterocycles. The minimum Gasteiger partial charge on any atom is -0.378 e. The van der Waals surface area contributed by atoms with Crippen molar-refractivity contribution in [2.24, 2.45) is 5.41 Å². The van der Waals surface area contributed by atoms with E-state index in [1.807, 2.05) is 29.2 Å². The Bertz CT molecular complexity index is 620. The van der Waals surface area contributed by atoms with Gasteiger partial charge in [0.25, 0.3) is 0 Å². The lowest BCUT2D eigenvalue weighted by Gasteiger charge is -2.33. The number of nitrogens with one attached hydrogen (secondary N) is 1. The molecule has 1 N–H and O–H groups in total. The van der Waals surface area contributed by atoms with Gasteiger partial charge in [0.1, 0.15) is 0 Å². The van der Waals surface area contributed by atoms with Gasteiger partial charge >= 0.3 is 0 Å². The molecule has 0 radical (unpaired) electrons. The Morgan fingerprint density at radius 3 is 2.38 bits per heavy atom. The summed E-state index contributed by atoms with van der Waals surface area (Å²) in [6.45, 7) is 3.04. The van der Waals surface area contributed by atoms with Crippen LogP contribution in [0.5, 0.6) is 0 Å². The number of morpholine rings is 1. The van der Waals surface area contributed by atoms with Crippen LogP contribution in [0.25, 0.3) is 0 Å². The summed E-state index contributed by atoms with van der Waals surface area (Å²) < 4.78 is 5.32. The third-order valence-electron chi connectivity index (χ3n) is 5.49. The molecule has 2 aliphatic rings. The van der Waals surface area contributed by atoms with Gasteiger partial charge in [-0.15, -0.1) is 0 Å². The predicted octanol–water partition coefficient (Wildman–Crippen LogP) is 3.16. The van der Waals surface area contributed by atoms with E-state index in [-0.39, 0.29) is 17.2 Å². The van der Waals surface area contributed by atoms with Gasteiger partial charge in [-0.05, 0) is 36.0 Å². The third-order valence-corrected chi connectivity index (χ3v) is 5.74. The summed E-state index contributed by atoms with van der Waals surface area (Å²) in [5.41, 5.74) is 0.840. The molecule has 1 aromatic rings. The van der Waals surface area contributed by atoms with Gasteiger partial charge in [-0.1, -0.05) is 36.6 Å². The van der Waals surface area contributed by atoms with Crippen molar-refractivity contribution in [1.29, 1.82) is 0 Å². The van der Waals surface area contributed by atoms with Crippen LogP contribution in [-0.2, 0) is 20.9 Å². The fourth-order valence-corrected chi connectivity index (χ4v) is 4.12. The van der Waals surface area contributed by atoms with Gasteiger partial charge in [-0.3, -0.25) is 9.59 Å². The fourth-order valence-electron chi connectivity index (χ4n) is 3.99. The summed E-state index contributed by atoms with van der Waals surface area (Å²) in [5, 5.41) is 3.68. The van der Waals surface area contributed by atoms with E-state index in [9.17, 15) is 9.59 Å². The van der Waals surface area contributed by atoms with E-state index < -0.39 is 0 Å². The van der Waals surface area contributed by atoms with Crippen molar-refractivity contribution in [3.63, 3.8) is 0 Å². The first-order valence-corrected chi connectivity index (χ1v) is 9.81. The van der Waals surface area contributed by atoms with Gasteiger partial charge in [0.2, 0.25) is 11.8 Å². The van der Waals surface area contributed by atoms with E-state index in [1.165, 1.54) is 0 Å². The van der Waals surface area contributed by atoms with Crippen molar-refractivity contribution >= 4 is 23.4 Å². The molecule has 0 unspecified atom stereocenters. The van der Waals surface area contributed by atoms with Crippen molar-refractivity contribution in [3.8, 4) is 0 Å². The molecule has 1 aromatic carbocycles. The predicted molar refractivity (Wildman–Crippen MR) is 101 cm³/mol. The molecule has 26 heavy (non-hydrogen) atoms. The van der Waals surface area contributed by atoms with Crippen LogP contribution in [0, 0.1) is 5.41 Å². The van der Waals surface area contributed by atoms with Crippen molar-refractivity contribution in [3.05, 3.63) is 34.9 Å². The maximum atomic E-state index is 12.7. The zero-order valence-electron chi connectivity index (χ0n) is 15.1.